The highest BCUT2D eigenvalue weighted by Gasteiger charge is 2.21. The second-order valence-electron chi connectivity index (χ2n) is 4.65. The van der Waals surface area contributed by atoms with Crippen LogP contribution in [0.1, 0.15) is 25.7 Å². The van der Waals surface area contributed by atoms with E-state index < -0.39 is 0 Å². The normalized spacial score (nSPS) is 28.5. The van der Waals surface area contributed by atoms with Crippen LogP contribution >= 0.6 is 0 Å². The molecule has 5 heteroatoms. The molecule has 2 atom stereocenters. The van der Waals surface area contributed by atoms with Crippen molar-refractivity contribution in [3.63, 3.8) is 0 Å². The van der Waals surface area contributed by atoms with Gasteiger partial charge in [0.2, 0.25) is 5.91 Å². The van der Waals surface area contributed by atoms with Crippen molar-refractivity contribution in [1.29, 1.82) is 0 Å². The number of rotatable bonds is 6. The van der Waals surface area contributed by atoms with Gasteiger partial charge in [-0.25, -0.2) is 0 Å². The van der Waals surface area contributed by atoms with Gasteiger partial charge in [0.05, 0.1) is 25.4 Å². The molecule has 0 spiro atoms. The van der Waals surface area contributed by atoms with E-state index in [2.05, 4.69) is 10.6 Å². The zero-order valence-electron chi connectivity index (χ0n) is 10.2. The van der Waals surface area contributed by atoms with E-state index in [0.717, 1.165) is 38.8 Å². The van der Waals surface area contributed by atoms with Crippen molar-refractivity contribution in [1.82, 2.24) is 10.6 Å². The molecule has 0 saturated carbocycles. The van der Waals surface area contributed by atoms with Crippen LogP contribution < -0.4 is 10.6 Å². The first-order chi connectivity index (χ1) is 8.36. The summed E-state index contributed by atoms with van der Waals surface area (Å²) in [5, 5.41) is 6.05. The summed E-state index contributed by atoms with van der Waals surface area (Å²) in [4.78, 5) is 11.6. The Balaban J connectivity index is 1.46. The fourth-order valence-corrected chi connectivity index (χ4v) is 2.27. The fourth-order valence-electron chi connectivity index (χ4n) is 2.27. The molecule has 0 aromatic carbocycles. The van der Waals surface area contributed by atoms with Crippen molar-refractivity contribution in [2.24, 2.45) is 0 Å². The van der Waals surface area contributed by atoms with E-state index in [0.29, 0.717) is 19.8 Å². The summed E-state index contributed by atoms with van der Waals surface area (Å²) in [5.41, 5.74) is 0. The summed E-state index contributed by atoms with van der Waals surface area (Å²) in [5.74, 6) is 0.100. The van der Waals surface area contributed by atoms with Gasteiger partial charge in [0.25, 0.3) is 0 Å². The lowest BCUT2D eigenvalue weighted by Crippen LogP contribution is -2.41. The number of carbonyl (C=O) groups excluding carboxylic acids is 1. The lowest BCUT2D eigenvalue weighted by molar-refractivity contribution is -0.123. The Morgan fingerprint density at radius 2 is 2.35 bits per heavy atom. The molecule has 2 N–H and O–H groups in total. The molecule has 2 aliphatic rings. The monoisotopic (exact) mass is 242 g/mol. The average molecular weight is 242 g/mol. The highest BCUT2D eigenvalue weighted by Crippen LogP contribution is 2.11. The second kappa shape index (κ2) is 6.93. The number of carbonyl (C=O) groups is 1. The molecule has 98 valence electrons. The van der Waals surface area contributed by atoms with Crippen LogP contribution in [0, 0.1) is 0 Å². The van der Waals surface area contributed by atoms with Crippen LogP contribution in [0.15, 0.2) is 0 Å². The molecule has 5 nitrogen and oxygen atoms in total. The van der Waals surface area contributed by atoms with Crippen molar-refractivity contribution in [2.75, 3.05) is 32.9 Å². The van der Waals surface area contributed by atoms with Crippen molar-refractivity contribution in [2.45, 2.75) is 37.8 Å². The van der Waals surface area contributed by atoms with Gasteiger partial charge in [0, 0.05) is 13.2 Å². The first-order valence-corrected chi connectivity index (χ1v) is 6.57. The molecule has 2 fully saturated rings. The van der Waals surface area contributed by atoms with Crippen molar-refractivity contribution in [3.8, 4) is 0 Å². The maximum absolute atomic E-state index is 11.6. The molecule has 0 aliphatic carbocycles. The van der Waals surface area contributed by atoms with E-state index in [9.17, 15) is 4.79 Å². The fraction of sp³-hybridized carbons (Fsp3) is 0.917. The minimum absolute atomic E-state index is 0.00756. The van der Waals surface area contributed by atoms with Gasteiger partial charge >= 0.3 is 0 Å². The van der Waals surface area contributed by atoms with Gasteiger partial charge in [-0.15, -0.1) is 0 Å². The van der Waals surface area contributed by atoms with Crippen LogP contribution in [0.2, 0.25) is 0 Å². The summed E-state index contributed by atoms with van der Waals surface area (Å²) < 4.78 is 10.9. The van der Waals surface area contributed by atoms with Crippen molar-refractivity contribution < 1.29 is 14.3 Å². The van der Waals surface area contributed by atoms with Gasteiger partial charge in [-0.3, -0.25) is 4.79 Å². The molecule has 0 aromatic rings. The summed E-state index contributed by atoms with van der Waals surface area (Å²) in [7, 11) is 0. The highest BCUT2D eigenvalue weighted by atomic mass is 16.5. The Morgan fingerprint density at radius 1 is 1.41 bits per heavy atom. The Bertz CT molecular complexity index is 236. The largest absolute Gasteiger partial charge is 0.377 e. The Kier molecular flexibility index (Phi) is 5.22. The van der Waals surface area contributed by atoms with Crippen LogP contribution in [0.3, 0.4) is 0 Å². The molecule has 2 rings (SSSR count). The quantitative estimate of drug-likeness (QED) is 0.646. The summed E-state index contributed by atoms with van der Waals surface area (Å²) in [6.07, 6.45) is 4.54. The van der Waals surface area contributed by atoms with Gasteiger partial charge in [0.15, 0.2) is 0 Å². The molecular formula is C12H22N2O3. The van der Waals surface area contributed by atoms with Gasteiger partial charge in [-0.1, -0.05) is 0 Å². The summed E-state index contributed by atoms with van der Waals surface area (Å²) in [6, 6.07) is 0.00756. The highest BCUT2D eigenvalue weighted by molar-refractivity contribution is 5.81. The average Bonchev–Trinajstić information content (AvgIpc) is 3.01. The standard InChI is InChI=1S/C12H22N2O3/c15-12(11-4-1-5-13-11)14-6-8-16-9-10-3-2-7-17-10/h10-11,13H,1-9H2,(H,14,15)/t10-,11-/m1/s1. The smallest absolute Gasteiger partial charge is 0.237 e. The van der Waals surface area contributed by atoms with Crippen LogP contribution in [0.5, 0.6) is 0 Å². The molecule has 0 aromatic heterocycles. The predicted octanol–water partition coefficient (Wildman–Crippen LogP) is 0.0502. The first kappa shape index (κ1) is 12.8. The second-order valence-corrected chi connectivity index (χ2v) is 4.65. The van der Waals surface area contributed by atoms with Crippen LogP contribution in [-0.2, 0) is 14.3 Å². The molecule has 0 bridgehead atoms. The first-order valence-electron chi connectivity index (χ1n) is 6.57. The number of hydrogen-bond donors (Lipinski definition) is 2. The SMILES string of the molecule is O=C(NCCOC[C@H]1CCCO1)[C@H]1CCCN1. The van der Waals surface area contributed by atoms with E-state index in [1.165, 1.54) is 0 Å². The molecule has 2 saturated heterocycles. The molecule has 2 heterocycles. The molecule has 1 amide bonds. The summed E-state index contributed by atoms with van der Waals surface area (Å²) in [6.45, 7) is 3.62. The van der Waals surface area contributed by atoms with E-state index in [1.54, 1.807) is 0 Å². The van der Waals surface area contributed by atoms with Gasteiger partial charge < -0.3 is 20.1 Å². The topological polar surface area (TPSA) is 59.6 Å². The Labute approximate surface area is 102 Å². The predicted molar refractivity (Wildman–Crippen MR) is 63.8 cm³/mol. The summed E-state index contributed by atoms with van der Waals surface area (Å²) >= 11 is 0. The van der Waals surface area contributed by atoms with E-state index in [-0.39, 0.29) is 18.1 Å². The number of nitrogens with one attached hydrogen (secondary N) is 2. The zero-order chi connectivity index (χ0) is 11.9. The number of hydrogen-bond acceptors (Lipinski definition) is 4. The Hall–Kier alpha value is -0.650. The van der Waals surface area contributed by atoms with E-state index >= 15 is 0 Å². The molecule has 2 aliphatic heterocycles. The van der Waals surface area contributed by atoms with Crippen LogP contribution in [0.25, 0.3) is 0 Å². The molecular weight excluding hydrogens is 220 g/mol. The van der Waals surface area contributed by atoms with Gasteiger partial charge in [-0.2, -0.15) is 0 Å². The number of amides is 1. The van der Waals surface area contributed by atoms with Crippen LogP contribution in [-0.4, -0.2) is 51.0 Å². The van der Waals surface area contributed by atoms with E-state index in [4.69, 9.17) is 9.47 Å². The molecule has 0 radical (unpaired) electrons. The molecule has 0 unspecified atom stereocenters. The van der Waals surface area contributed by atoms with E-state index in [1.807, 2.05) is 0 Å². The van der Waals surface area contributed by atoms with Gasteiger partial charge in [-0.05, 0) is 32.2 Å². The maximum atomic E-state index is 11.6. The van der Waals surface area contributed by atoms with Crippen molar-refractivity contribution >= 4 is 5.91 Å². The third-order valence-corrected chi connectivity index (χ3v) is 3.25. The maximum Gasteiger partial charge on any atom is 0.237 e. The Morgan fingerprint density at radius 3 is 3.06 bits per heavy atom. The van der Waals surface area contributed by atoms with Crippen molar-refractivity contribution in [3.05, 3.63) is 0 Å². The lowest BCUT2D eigenvalue weighted by Gasteiger charge is -2.12. The minimum Gasteiger partial charge on any atom is -0.377 e. The minimum atomic E-state index is 0.00756. The third-order valence-electron chi connectivity index (χ3n) is 3.25. The zero-order valence-corrected chi connectivity index (χ0v) is 10.2. The van der Waals surface area contributed by atoms with Gasteiger partial charge in [0.1, 0.15) is 0 Å². The molecule has 17 heavy (non-hydrogen) atoms. The van der Waals surface area contributed by atoms with Crippen LogP contribution in [0.4, 0.5) is 0 Å². The number of ether oxygens (including phenoxy) is 2. The lowest BCUT2D eigenvalue weighted by atomic mass is 10.2. The third kappa shape index (κ3) is 4.26.